The Balaban J connectivity index is 2.65. The van der Waals surface area contributed by atoms with Crippen LogP contribution in [0.4, 0.5) is 0 Å². The van der Waals surface area contributed by atoms with Gasteiger partial charge in [0, 0.05) is 20.3 Å². The zero-order valence-electron chi connectivity index (χ0n) is 14.4. The fourth-order valence-electron chi connectivity index (χ4n) is 2.21. The number of amides is 2. The highest BCUT2D eigenvalue weighted by molar-refractivity contribution is 5.97. The van der Waals surface area contributed by atoms with Crippen LogP contribution in [-0.2, 0) is 4.79 Å². The van der Waals surface area contributed by atoms with Crippen LogP contribution in [-0.4, -0.2) is 60.0 Å². The summed E-state index contributed by atoms with van der Waals surface area (Å²) >= 11 is 0. The van der Waals surface area contributed by atoms with E-state index >= 15 is 0 Å². The number of rotatable bonds is 6. The van der Waals surface area contributed by atoms with Gasteiger partial charge in [0.05, 0.1) is 31.5 Å². The molecule has 2 rings (SSSR count). The lowest BCUT2D eigenvalue weighted by Crippen LogP contribution is -2.30. The number of primary amides is 1. The maximum absolute atomic E-state index is 12.4. The summed E-state index contributed by atoms with van der Waals surface area (Å²) < 4.78 is 10.2. The standard InChI is InChI=1S/C16H19N5O4/c1-21(2)16(23)9-6-5-7-18-13(9)12(14(17)22)15-19-10(24-3)8-11(20-15)25-4/h5-8,12H,1-4H3,(H2,17,22). The average molecular weight is 345 g/mol. The van der Waals surface area contributed by atoms with Gasteiger partial charge in [-0.1, -0.05) is 0 Å². The normalized spacial score (nSPS) is 11.5. The summed E-state index contributed by atoms with van der Waals surface area (Å²) in [6.07, 6.45) is 1.47. The Labute approximate surface area is 144 Å². The second-order valence-corrected chi connectivity index (χ2v) is 5.28. The molecular formula is C16H19N5O4. The van der Waals surface area contributed by atoms with Gasteiger partial charge in [0.15, 0.2) is 5.82 Å². The van der Waals surface area contributed by atoms with Crippen molar-refractivity contribution in [1.82, 2.24) is 19.9 Å². The van der Waals surface area contributed by atoms with E-state index in [4.69, 9.17) is 15.2 Å². The number of nitrogens with two attached hydrogens (primary N) is 1. The van der Waals surface area contributed by atoms with Crippen LogP contribution in [0.3, 0.4) is 0 Å². The molecule has 0 aliphatic carbocycles. The van der Waals surface area contributed by atoms with E-state index in [0.717, 1.165) is 0 Å². The molecule has 2 aromatic heterocycles. The maximum Gasteiger partial charge on any atom is 0.255 e. The summed E-state index contributed by atoms with van der Waals surface area (Å²) in [4.78, 5) is 38.4. The Hall–Kier alpha value is -3.23. The molecule has 1 atom stereocenters. The first-order chi connectivity index (χ1) is 11.9. The zero-order valence-corrected chi connectivity index (χ0v) is 14.4. The Kier molecular flexibility index (Phi) is 5.48. The van der Waals surface area contributed by atoms with E-state index < -0.39 is 11.8 Å². The number of aromatic nitrogens is 3. The lowest BCUT2D eigenvalue weighted by atomic mass is 9.97. The Morgan fingerprint density at radius 1 is 1.16 bits per heavy atom. The molecule has 2 amide bonds. The first kappa shape index (κ1) is 18.1. The summed E-state index contributed by atoms with van der Waals surface area (Å²) in [6, 6.07) is 4.63. The summed E-state index contributed by atoms with van der Waals surface area (Å²) in [5.41, 5.74) is 5.97. The van der Waals surface area contributed by atoms with Crippen LogP contribution in [0.25, 0.3) is 0 Å². The number of hydrogen-bond donors (Lipinski definition) is 1. The number of carbonyl (C=O) groups is 2. The van der Waals surface area contributed by atoms with Gasteiger partial charge >= 0.3 is 0 Å². The molecule has 0 saturated carbocycles. The fourth-order valence-corrected chi connectivity index (χ4v) is 2.21. The highest BCUT2D eigenvalue weighted by Gasteiger charge is 2.30. The van der Waals surface area contributed by atoms with Gasteiger partial charge in [0.25, 0.3) is 5.91 Å². The molecule has 0 aliphatic heterocycles. The lowest BCUT2D eigenvalue weighted by Gasteiger charge is -2.18. The molecule has 9 heteroatoms. The van der Waals surface area contributed by atoms with Gasteiger partial charge in [-0.3, -0.25) is 14.6 Å². The van der Waals surface area contributed by atoms with Gasteiger partial charge in [-0.2, -0.15) is 9.97 Å². The smallest absolute Gasteiger partial charge is 0.255 e. The predicted octanol–water partition coefficient (Wildman–Crippen LogP) is 0.208. The van der Waals surface area contributed by atoms with E-state index in [2.05, 4.69) is 15.0 Å². The Bertz CT molecular complexity index is 772. The van der Waals surface area contributed by atoms with Crippen LogP contribution in [0.2, 0.25) is 0 Å². The minimum absolute atomic E-state index is 0.0372. The number of carbonyl (C=O) groups excluding carboxylic acids is 2. The van der Waals surface area contributed by atoms with Crippen molar-refractivity contribution in [2.75, 3.05) is 28.3 Å². The minimum Gasteiger partial charge on any atom is -0.481 e. The van der Waals surface area contributed by atoms with Gasteiger partial charge in [-0.25, -0.2) is 0 Å². The molecule has 0 radical (unpaired) electrons. The first-order valence-electron chi connectivity index (χ1n) is 7.31. The zero-order chi connectivity index (χ0) is 18.6. The second-order valence-electron chi connectivity index (χ2n) is 5.28. The number of nitrogens with zero attached hydrogens (tertiary/aromatic N) is 4. The molecule has 0 bridgehead atoms. The molecule has 2 heterocycles. The minimum atomic E-state index is -1.14. The van der Waals surface area contributed by atoms with Gasteiger partial charge in [-0.15, -0.1) is 0 Å². The Morgan fingerprint density at radius 2 is 1.76 bits per heavy atom. The van der Waals surface area contributed by atoms with Gasteiger partial charge < -0.3 is 20.1 Å². The quantitative estimate of drug-likeness (QED) is 0.794. The molecule has 2 N–H and O–H groups in total. The third kappa shape index (κ3) is 3.82. The first-order valence-corrected chi connectivity index (χ1v) is 7.31. The molecule has 9 nitrogen and oxygen atoms in total. The number of hydrogen-bond acceptors (Lipinski definition) is 7. The van der Waals surface area contributed by atoms with E-state index in [1.54, 1.807) is 26.2 Å². The van der Waals surface area contributed by atoms with E-state index in [-0.39, 0.29) is 34.7 Å². The van der Waals surface area contributed by atoms with E-state index in [9.17, 15) is 9.59 Å². The van der Waals surface area contributed by atoms with E-state index in [1.165, 1.54) is 31.4 Å². The van der Waals surface area contributed by atoms with E-state index in [0.29, 0.717) is 0 Å². The highest BCUT2D eigenvalue weighted by atomic mass is 16.5. The van der Waals surface area contributed by atoms with Gasteiger partial charge in [0.2, 0.25) is 17.7 Å². The molecular weight excluding hydrogens is 326 g/mol. The van der Waals surface area contributed by atoms with Crippen LogP contribution in [0, 0.1) is 0 Å². The third-order valence-corrected chi connectivity index (χ3v) is 3.41. The molecule has 0 spiro atoms. The van der Waals surface area contributed by atoms with Crippen molar-refractivity contribution in [2.45, 2.75) is 5.92 Å². The summed E-state index contributed by atoms with van der Waals surface area (Å²) in [5.74, 6) is -1.76. The van der Waals surface area contributed by atoms with Crippen LogP contribution in [0.5, 0.6) is 11.8 Å². The van der Waals surface area contributed by atoms with Crippen molar-refractivity contribution in [3.63, 3.8) is 0 Å². The van der Waals surface area contributed by atoms with Crippen molar-refractivity contribution < 1.29 is 19.1 Å². The van der Waals surface area contributed by atoms with Gasteiger partial charge in [0.1, 0.15) is 5.92 Å². The molecule has 1 unspecified atom stereocenters. The summed E-state index contributed by atoms with van der Waals surface area (Å²) in [6.45, 7) is 0. The molecule has 0 aromatic carbocycles. The second kappa shape index (κ2) is 7.56. The Morgan fingerprint density at radius 3 is 2.24 bits per heavy atom. The maximum atomic E-state index is 12.4. The topological polar surface area (TPSA) is 121 Å². The predicted molar refractivity (Wildman–Crippen MR) is 88.4 cm³/mol. The number of methoxy groups -OCH3 is 2. The SMILES string of the molecule is COc1cc(OC)nc(C(C(N)=O)c2ncccc2C(=O)N(C)C)n1. The number of ether oxygens (including phenoxy) is 2. The largest absolute Gasteiger partial charge is 0.481 e. The molecule has 2 aromatic rings. The molecule has 132 valence electrons. The van der Waals surface area contributed by atoms with Crippen LogP contribution >= 0.6 is 0 Å². The van der Waals surface area contributed by atoms with Crippen molar-refractivity contribution in [3.8, 4) is 11.8 Å². The van der Waals surface area contributed by atoms with E-state index in [1.807, 2.05) is 0 Å². The monoisotopic (exact) mass is 345 g/mol. The molecule has 0 fully saturated rings. The highest BCUT2D eigenvalue weighted by Crippen LogP contribution is 2.27. The molecule has 0 saturated heterocycles. The summed E-state index contributed by atoms with van der Waals surface area (Å²) in [7, 11) is 6.05. The average Bonchev–Trinajstić information content (AvgIpc) is 2.61. The summed E-state index contributed by atoms with van der Waals surface area (Å²) in [5, 5.41) is 0. The van der Waals surface area contributed by atoms with Crippen molar-refractivity contribution in [2.24, 2.45) is 5.73 Å². The van der Waals surface area contributed by atoms with Crippen molar-refractivity contribution in [1.29, 1.82) is 0 Å². The van der Waals surface area contributed by atoms with Crippen molar-refractivity contribution >= 4 is 11.8 Å². The third-order valence-electron chi connectivity index (χ3n) is 3.41. The molecule has 25 heavy (non-hydrogen) atoms. The van der Waals surface area contributed by atoms with Crippen LogP contribution in [0.15, 0.2) is 24.4 Å². The van der Waals surface area contributed by atoms with Gasteiger partial charge in [-0.05, 0) is 12.1 Å². The fraction of sp³-hybridized carbons (Fsp3) is 0.312. The lowest BCUT2D eigenvalue weighted by molar-refractivity contribution is -0.118. The van der Waals surface area contributed by atoms with Crippen LogP contribution < -0.4 is 15.2 Å². The number of pyridine rings is 1. The molecule has 0 aliphatic rings. The van der Waals surface area contributed by atoms with Crippen LogP contribution in [0.1, 0.15) is 27.8 Å². The van der Waals surface area contributed by atoms with Crippen molar-refractivity contribution in [3.05, 3.63) is 41.5 Å².